The van der Waals surface area contributed by atoms with Crippen molar-refractivity contribution in [3.63, 3.8) is 0 Å². The summed E-state index contributed by atoms with van der Waals surface area (Å²) in [7, 11) is 0. The number of aryl methyl sites for hydroxylation is 1. The van der Waals surface area contributed by atoms with Gasteiger partial charge in [0.25, 0.3) is 5.91 Å². The summed E-state index contributed by atoms with van der Waals surface area (Å²) in [6.45, 7) is 2.76. The lowest BCUT2D eigenvalue weighted by Gasteiger charge is -2.09. The molecule has 0 aliphatic heterocycles. The van der Waals surface area contributed by atoms with Crippen molar-refractivity contribution in [2.45, 2.75) is 26.4 Å². The third kappa shape index (κ3) is 6.55. The van der Waals surface area contributed by atoms with Gasteiger partial charge in [0.2, 0.25) is 0 Å². The molecule has 4 N–H and O–H groups in total. The van der Waals surface area contributed by atoms with Crippen LogP contribution in [0.5, 0.6) is 5.75 Å². The average Bonchev–Trinajstić information content (AvgIpc) is 2.63. The topological polar surface area (TPSA) is 93.4 Å². The van der Waals surface area contributed by atoms with Gasteiger partial charge >= 0.3 is 6.03 Å². The molecule has 2 aromatic rings. The van der Waals surface area contributed by atoms with Crippen molar-refractivity contribution in [2.75, 3.05) is 6.61 Å². The summed E-state index contributed by atoms with van der Waals surface area (Å²) in [5.41, 5.74) is 8.23. The van der Waals surface area contributed by atoms with Crippen molar-refractivity contribution < 1.29 is 14.3 Å². The maximum Gasteiger partial charge on any atom is 0.315 e. The minimum absolute atomic E-state index is 0.172. The quantitative estimate of drug-likeness (QED) is 0.686. The highest BCUT2D eigenvalue weighted by Gasteiger charge is 2.03. The molecule has 0 spiro atoms. The molecule has 6 nitrogen and oxygen atoms in total. The summed E-state index contributed by atoms with van der Waals surface area (Å²) in [6.07, 6.45) is 0.996. The molecule has 0 radical (unpaired) electrons. The van der Waals surface area contributed by atoms with Gasteiger partial charge in [-0.05, 0) is 35.2 Å². The van der Waals surface area contributed by atoms with Crippen molar-refractivity contribution in [3.8, 4) is 5.75 Å². The Labute approximate surface area is 147 Å². The Morgan fingerprint density at radius 3 is 2.24 bits per heavy atom. The molecule has 2 rings (SSSR count). The minimum atomic E-state index is -0.533. The summed E-state index contributed by atoms with van der Waals surface area (Å²) in [6, 6.07) is 15.0. The van der Waals surface area contributed by atoms with Crippen LogP contribution in [0.2, 0.25) is 0 Å². The number of carbonyl (C=O) groups excluding carboxylic acids is 2. The van der Waals surface area contributed by atoms with Gasteiger partial charge in [-0.15, -0.1) is 0 Å². The predicted molar refractivity (Wildman–Crippen MR) is 96.0 cm³/mol. The summed E-state index contributed by atoms with van der Waals surface area (Å²) in [5, 5.41) is 5.61. The molecule has 0 heterocycles. The van der Waals surface area contributed by atoms with Crippen LogP contribution in [0.3, 0.4) is 0 Å². The van der Waals surface area contributed by atoms with Crippen LogP contribution < -0.4 is 21.1 Å². The number of primary amides is 1. The van der Waals surface area contributed by atoms with E-state index in [0.29, 0.717) is 18.8 Å². The van der Waals surface area contributed by atoms with E-state index in [1.54, 1.807) is 18.2 Å². The number of carbonyl (C=O) groups is 2. The van der Waals surface area contributed by atoms with Crippen LogP contribution in [0, 0.1) is 0 Å². The number of nitrogens with one attached hydrogen (secondary N) is 2. The molecule has 25 heavy (non-hydrogen) atoms. The van der Waals surface area contributed by atoms with Gasteiger partial charge in [0, 0.05) is 13.1 Å². The Balaban J connectivity index is 1.77. The highest BCUT2D eigenvalue weighted by molar-refractivity contribution is 5.75. The van der Waals surface area contributed by atoms with Crippen LogP contribution in [-0.4, -0.2) is 18.5 Å². The summed E-state index contributed by atoms with van der Waals surface area (Å²) >= 11 is 0. The fourth-order valence-corrected chi connectivity index (χ4v) is 2.22. The van der Waals surface area contributed by atoms with E-state index in [9.17, 15) is 9.59 Å². The number of benzene rings is 2. The van der Waals surface area contributed by atoms with E-state index in [1.165, 1.54) is 5.56 Å². The molecule has 0 atom stereocenters. The number of rotatable bonds is 8. The minimum Gasteiger partial charge on any atom is -0.484 e. The fourth-order valence-electron chi connectivity index (χ4n) is 2.22. The van der Waals surface area contributed by atoms with Gasteiger partial charge < -0.3 is 21.1 Å². The van der Waals surface area contributed by atoms with E-state index >= 15 is 0 Å². The molecule has 0 bridgehead atoms. The van der Waals surface area contributed by atoms with Gasteiger partial charge in [-0.3, -0.25) is 4.79 Å². The molecule has 0 saturated heterocycles. The molecule has 0 aliphatic rings. The van der Waals surface area contributed by atoms with Gasteiger partial charge in [0.1, 0.15) is 5.75 Å². The van der Waals surface area contributed by atoms with Crippen molar-refractivity contribution in [2.24, 2.45) is 5.73 Å². The van der Waals surface area contributed by atoms with E-state index < -0.39 is 5.91 Å². The first-order valence-electron chi connectivity index (χ1n) is 8.16. The summed E-state index contributed by atoms with van der Waals surface area (Å²) < 4.78 is 5.24. The van der Waals surface area contributed by atoms with Crippen molar-refractivity contribution in [3.05, 3.63) is 65.2 Å². The summed E-state index contributed by atoms with van der Waals surface area (Å²) in [5.74, 6) is 0.00407. The second-order valence-corrected chi connectivity index (χ2v) is 5.61. The Hall–Kier alpha value is -3.02. The second kappa shape index (κ2) is 9.32. The van der Waals surface area contributed by atoms with Gasteiger partial charge in [0.05, 0.1) is 0 Å². The molecule has 0 saturated carbocycles. The fraction of sp³-hybridized carbons (Fsp3) is 0.263. The average molecular weight is 341 g/mol. The third-order valence-corrected chi connectivity index (χ3v) is 3.62. The van der Waals surface area contributed by atoms with Crippen LogP contribution in [0.25, 0.3) is 0 Å². The van der Waals surface area contributed by atoms with E-state index in [0.717, 1.165) is 17.5 Å². The van der Waals surface area contributed by atoms with Crippen LogP contribution in [0.15, 0.2) is 48.5 Å². The zero-order valence-corrected chi connectivity index (χ0v) is 14.2. The van der Waals surface area contributed by atoms with Crippen LogP contribution in [0.1, 0.15) is 23.6 Å². The monoisotopic (exact) mass is 341 g/mol. The van der Waals surface area contributed by atoms with Crippen LogP contribution >= 0.6 is 0 Å². The number of amides is 3. The largest absolute Gasteiger partial charge is 0.484 e. The van der Waals surface area contributed by atoms with Gasteiger partial charge in [0.15, 0.2) is 6.61 Å². The van der Waals surface area contributed by atoms with E-state index in [4.69, 9.17) is 10.5 Å². The maximum atomic E-state index is 11.9. The van der Waals surface area contributed by atoms with E-state index in [-0.39, 0.29) is 12.6 Å². The zero-order valence-electron chi connectivity index (χ0n) is 14.2. The maximum absolute atomic E-state index is 11.9. The molecular weight excluding hydrogens is 318 g/mol. The van der Waals surface area contributed by atoms with Crippen molar-refractivity contribution in [1.29, 1.82) is 0 Å². The number of hydrogen-bond donors (Lipinski definition) is 3. The van der Waals surface area contributed by atoms with Gasteiger partial charge in [-0.1, -0.05) is 43.3 Å². The number of nitrogens with two attached hydrogens (primary N) is 1. The molecule has 6 heteroatoms. The molecular formula is C19H23N3O3. The highest BCUT2D eigenvalue weighted by atomic mass is 16.5. The number of ether oxygens (including phenoxy) is 1. The van der Waals surface area contributed by atoms with Crippen molar-refractivity contribution >= 4 is 11.9 Å². The van der Waals surface area contributed by atoms with E-state index in [2.05, 4.69) is 29.7 Å². The Bertz CT molecular complexity index is 714. The first-order valence-corrected chi connectivity index (χ1v) is 8.16. The van der Waals surface area contributed by atoms with Crippen LogP contribution in [-0.2, 0) is 24.3 Å². The lowest BCUT2D eigenvalue weighted by Crippen LogP contribution is -2.34. The summed E-state index contributed by atoms with van der Waals surface area (Å²) in [4.78, 5) is 22.6. The standard InChI is InChI=1S/C19H23N3O3/c1-2-14-6-8-15(9-7-14)11-21-19(24)22-12-16-4-3-5-17(10-16)25-13-18(20)23/h3-10H,2,11-13H2,1H3,(H2,20,23)(H2,21,22,24). The predicted octanol–water partition coefficient (Wildman–Crippen LogP) is 2.11. The lowest BCUT2D eigenvalue weighted by atomic mass is 10.1. The smallest absolute Gasteiger partial charge is 0.315 e. The first-order chi connectivity index (χ1) is 12.1. The van der Waals surface area contributed by atoms with Crippen molar-refractivity contribution in [1.82, 2.24) is 10.6 Å². The third-order valence-electron chi connectivity index (χ3n) is 3.62. The molecule has 0 aromatic heterocycles. The Kier molecular flexibility index (Phi) is 6.83. The van der Waals surface area contributed by atoms with E-state index in [1.807, 2.05) is 18.2 Å². The highest BCUT2D eigenvalue weighted by Crippen LogP contribution is 2.13. The Morgan fingerprint density at radius 2 is 1.60 bits per heavy atom. The SMILES string of the molecule is CCc1ccc(CNC(=O)NCc2cccc(OCC(N)=O)c2)cc1. The van der Waals surface area contributed by atoms with Gasteiger partial charge in [-0.25, -0.2) is 4.79 Å². The molecule has 0 unspecified atom stereocenters. The van der Waals surface area contributed by atoms with Crippen LogP contribution in [0.4, 0.5) is 4.79 Å². The normalized spacial score (nSPS) is 10.1. The second-order valence-electron chi connectivity index (χ2n) is 5.61. The molecule has 132 valence electrons. The van der Waals surface area contributed by atoms with Gasteiger partial charge in [-0.2, -0.15) is 0 Å². The first kappa shape index (κ1) is 18.3. The number of hydrogen-bond acceptors (Lipinski definition) is 3. The lowest BCUT2D eigenvalue weighted by molar-refractivity contribution is -0.119. The zero-order chi connectivity index (χ0) is 18.1. The molecule has 3 amide bonds. The number of urea groups is 1. The molecule has 0 fully saturated rings. The molecule has 2 aromatic carbocycles. The Morgan fingerprint density at radius 1 is 0.960 bits per heavy atom. The molecule has 0 aliphatic carbocycles.